The van der Waals surface area contributed by atoms with E-state index in [9.17, 15) is 5.11 Å². The van der Waals surface area contributed by atoms with Gasteiger partial charge in [0.1, 0.15) is 5.75 Å². The summed E-state index contributed by atoms with van der Waals surface area (Å²) >= 11 is 0. The molecule has 2 aromatic carbocycles. The number of rotatable bonds is 3. The van der Waals surface area contributed by atoms with Crippen molar-refractivity contribution in [3.8, 4) is 17.0 Å². The van der Waals surface area contributed by atoms with Gasteiger partial charge in [0.2, 0.25) is 0 Å². The van der Waals surface area contributed by atoms with E-state index in [1.165, 1.54) is 0 Å². The van der Waals surface area contributed by atoms with E-state index in [0.717, 1.165) is 33.9 Å². The molecule has 2 N–H and O–H groups in total. The Morgan fingerprint density at radius 3 is 2.18 bits per heavy atom. The molecular weight excluding hydrogens is 274 g/mol. The molecule has 0 atom stereocenters. The molecule has 0 saturated carbocycles. The van der Waals surface area contributed by atoms with Crippen molar-refractivity contribution in [2.45, 2.75) is 13.8 Å². The zero-order valence-corrected chi connectivity index (χ0v) is 12.5. The third-order valence-electron chi connectivity index (χ3n) is 3.70. The minimum Gasteiger partial charge on any atom is -0.508 e. The number of hydrogen-bond donors (Lipinski definition) is 2. The topological polar surface area (TPSA) is 58.0 Å². The Kier molecular flexibility index (Phi) is 3.74. The van der Waals surface area contributed by atoms with E-state index in [1.54, 1.807) is 24.3 Å². The molecule has 0 bridgehead atoms. The molecule has 0 fully saturated rings. The summed E-state index contributed by atoms with van der Waals surface area (Å²) in [6.07, 6.45) is 0. The fraction of sp³-hybridized carbons (Fsp3) is 0.111. The zero-order chi connectivity index (χ0) is 15.5. The number of aromatic nitrogens is 2. The summed E-state index contributed by atoms with van der Waals surface area (Å²) in [7, 11) is 0. The Labute approximate surface area is 129 Å². The average Bonchev–Trinajstić information content (AvgIpc) is 2.55. The molecule has 0 unspecified atom stereocenters. The minimum absolute atomic E-state index is 0.240. The van der Waals surface area contributed by atoms with E-state index in [0.29, 0.717) is 0 Å². The van der Waals surface area contributed by atoms with Crippen LogP contribution in [0.4, 0.5) is 11.5 Å². The van der Waals surface area contributed by atoms with Crippen LogP contribution in [0.1, 0.15) is 11.1 Å². The molecule has 22 heavy (non-hydrogen) atoms. The molecule has 3 aromatic rings. The smallest absolute Gasteiger partial charge is 0.156 e. The molecule has 0 spiro atoms. The van der Waals surface area contributed by atoms with Gasteiger partial charge in [0.25, 0.3) is 0 Å². The van der Waals surface area contributed by atoms with E-state index >= 15 is 0 Å². The van der Waals surface area contributed by atoms with Crippen molar-refractivity contribution in [2.75, 3.05) is 5.32 Å². The molecule has 4 heteroatoms. The third-order valence-corrected chi connectivity index (χ3v) is 3.70. The van der Waals surface area contributed by atoms with Crippen LogP contribution in [-0.4, -0.2) is 15.3 Å². The van der Waals surface area contributed by atoms with Gasteiger partial charge in [0.05, 0.1) is 5.69 Å². The first-order valence-electron chi connectivity index (χ1n) is 7.10. The number of aromatic hydroxyl groups is 1. The van der Waals surface area contributed by atoms with Crippen LogP contribution in [0.5, 0.6) is 5.75 Å². The maximum atomic E-state index is 9.33. The Morgan fingerprint density at radius 2 is 1.50 bits per heavy atom. The first-order valence-corrected chi connectivity index (χ1v) is 7.10. The van der Waals surface area contributed by atoms with Gasteiger partial charge >= 0.3 is 0 Å². The van der Waals surface area contributed by atoms with Gasteiger partial charge in [-0.15, -0.1) is 10.2 Å². The van der Waals surface area contributed by atoms with Crippen LogP contribution in [0.15, 0.2) is 54.6 Å². The van der Waals surface area contributed by atoms with E-state index < -0.39 is 0 Å². The lowest BCUT2D eigenvalue weighted by molar-refractivity contribution is 0.475. The Morgan fingerprint density at radius 1 is 0.818 bits per heavy atom. The molecule has 3 rings (SSSR count). The van der Waals surface area contributed by atoms with Crippen molar-refractivity contribution >= 4 is 11.5 Å². The van der Waals surface area contributed by atoms with Crippen LogP contribution < -0.4 is 5.32 Å². The summed E-state index contributed by atoms with van der Waals surface area (Å²) < 4.78 is 0. The SMILES string of the molecule is Cc1c(Nc2ccc(O)cc2)nnc(-c2ccccc2)c1C. The van der Waals surface area contributed by atoms with Crippen LogP contribution in [0.25, 0.3) is 11.3 Å². The molecule has 0 aliphatic heterocycles. The highest BCUT2D eigenvalue weighted by Gasteiger charge is 2.11. The molecule has 0 radical (unpaired) electrons. The van der Waals surface area contributed by atoms with Crippen LogP contribution in [-0.2, 0) is 0 Å². The van der Waals surface area contributed by atoms with Gasteiger partial charge in [-0.05, 0) is 49.2 Å². The maximum absolute atomic E-state index is 9.33. The second-order valence-electron chi connectivity index (χ2n) is 5.19. The standard InChI is InChI=1S/C18H17N3O/c1-12-13(2)18(19-15-8-10-16(22)11-9-15)21-20-17(12)14-6-4-3-5-7-14/h3-11,22H,1-2H3,(H,19,21). The van der Waals surface area contributed by atoms with Crippen molar-refractivity contribution in [1.29, 1.82) is 0 Å². The highest BCUT2D eigenvalue weighted by molar-refractivity contribution is 5.68. The van der Waals surface area contributed by atoms with Gasteiger partial charge in [-0.3, -0.25) is 0 Å². The largest absolute Gasteiger partial charge is 0.508 e. The summed E-state index contributed by atoms with van der Waals surface area (Å²) in [6, 6.07) is 16.9. The van der Waals surface area contributed by atoms with Gasteiger partial charge in [0.15, 0.2) is 5.82 Å². The van der Waals surface area contributed by atoms with Crippen molar-refractivity contribution in [3.63, 3.8) is 0 Å². The first-order chi connectivity index (χ1) is 10.6. The predicted molar refractivity (Wildman–Crippen MR) is 88.3 cm³/mol. The number of phenolic OH excluding ortho intramolecular Hbond substituents is 1. The van der Waals surface area contributed by atoms with Crippen molar-refractivity contribution in [1.82, 2.24) is 10.2 Å². The summed E-state index contributed by atoms with van der Waals surface area (Å²) in [5.41, 5.74) is 4.98. The monoisotopic (exact) mass is 291 g/mol. The fourth-order valence-corrected chi connectivity index (χ4v) is 2.28. The van der Waals surface area contributed by atoms with Gasteiger partial charge < -0.3 is 10.4 Å². The molecule has 1 heterocycles. The Balaban J connectivity index is 1.95. The van der Waals surface area contributed by atoms with E-state index in [4.69, 9.17) is 0 Å². The number of phenols is 1. The van der Waals surface area contributed by atoms with Crippen molar-refractivity contribution in [3.05, 3.63) is 65.7 Å². The maximum Gasteiger partial charge on any atom is 0.156 e. The van der Waals surface area contributed by atoms with Gasteiger partial charge in [-0.25, -0.2) is 0 Å². The second kappa shape index (κ2) is 5.85. The number of anilines is 2. The summed E-state index contributed by atoms with van der Waals surface area (Å²) in [6.45, 7) is 4.08. The number of hydrogen-bond acceptors (Lipinski definition) is 4. The fourth-order valence-electron chi connectivity index (χ4n) is 2.28. The van der Waals surface area contributed by atoms with Gasteiger partial charge in [-0.1, -0.05) is 30.3 Å². The molecule has 1 aromatic heterocycles. The van der Waals surface area contributed by atoms with E-state index in [-0.39, 0.29) is 5.75 Å². The van der Waals surface area contributed by atoms with Crippen LogP contribution in [0.3, 0.4) is 0 Å². The number of benzene rings is 2. The molecule has 4 nitrogen and oxygen atoms in total. The van der Waals surface area contributed by atoms with Crippen molar-refractivity contribution < 1.29 is 5.11 Å². The predicted octanol–water partition coefficient (Wildman–Crippen LogP) is 4.21. The van der Waals surface area contributed by atoms with Gasteiger partial charge in [0, 0.05) is 11.3 Å². The minimum atomic E-state index is 0.240. The zero-order valence-electron chi connectivity index (χ0n) is 12.5. The lowest BCUT2D eigenvalue weighted by atomic mass is 10.0. The Hall–Kier alpha value is -2.88. The summed E-state index contributed by atoms with van der Waals surface area (Å²) in [5.74, 6) is 0.965. The van der Waals surface area contributed by atoms with Crippen molar-refractivity contribution in [2.24, 2.45) is 0 Å². The normalized spacial score (nSPS) is 10.5. The average molecular weight is 291 g/mol. The summed E-state index contributed by atoms with van der Waals surface area (Å²) in [4.78, 5) is 0. The van der Waals surface area contributed by atoms with Crippen LogP contribution in [0.2, 0.25) is 0 Å². The molecule has 110 valence electrons. The second-order valence-corrected chi connectivity index (χ2v) is 5.19. The Bertz CT molecular complexity index is 783. The van der Waals surface area contributed by atoms with Crippen LogP contribution >= 0.6 is 0 Å². The highest BCUT2D eigenvalue weighted by Crippen LogP contribution is 2.27. The van der Waals surface area contributed by atoms with Crippen LogP contribution in [0, 0.1) is 13.8 Å². The summed E-state index contributed by atoms with van der Waals surface area (Å²) in [5, 5.41) is 21.2. The lowest BCUT2D eigenvalue weighted by Crippen LogP contribution is -2.03. The quantitative estimate of drug-likeness (QED) is 0.710. The first kappa shape index (κ1) is 14.1. The van der Waals surface area contributed by atoms with Gasteiger partial charge in [-0.2, -0.15) is 0 Å². The third kappa shape index (κ3) is 2.76. The number of nitrogens with zero attached hydrogens (tertiary/aromatic N) is 2. The highest BCUT2D eigenvalue weighted by atomic mass is 16.3. The molecular formula is C18H17N3O. The molecule has 0 saturated heterocycles. The molecule has 0 aliphatic rings. The molecule has 0 amide bonds. The van der Waals surface area contributed by atoms with E-state index in [2.05, 4.69) is 15.5 Å². The van der Waals surface area contributed by atoms with E-state index in [1.807, 2.05) is 44.2 Å². The molecule has 0 aliphatic carbocycles. The lowest BCUT2D eigenvalue weighted by Gasteiger charge is -2.13. The number of nitrogens with one attached hydrogen (secondary N) is 1.